The molecule has 3 nitrogen and oxygen atoms in total. The van der Waals surface area contributed by atoms with Gasteiger partial charge in [0.2, 0.25) is 0 Å². The lowest BCUT2D eigenvalue weighted by atomic mass is 10.7. The largest absolute Gasteiger partial charge is 0.334 e. The van der Waals surface area contributed by atoms with Crippen LogP contribution in [0.25, 0.3) is 5.65 Å². The van der Waals surface area contributed by atoms with Crippen LogP contribution in [0.1, 0.15) is 0 Å². The summed E-state index contributed by atoms with van der Waals surface area (Å²) in [6.45, 7) is 0. The summed E-state index contributed by atoms with van der Waals surface area (Å²) in [6.07, 6.45) is 5.50. The van der Waals surface area contributed by atoms with Crippen molar-refractivity contribution in [3.05, 3.63) is 24.7 Å². The molecule has 0 saturated carbocycles. The molecule has 2 heterocycles. The zero-order valence-electron chi connectivity index (χ0n) is 5.07. The van der Waals surface area contributed by atoms with E-state index in [0.717, 1.165) is 5.65 Å². The van der Waals surface area contributed by atoms with E-state index < -0.39 is 0 Å². The van der Waals surface area contributed by atoms with Crippen LogP contribution >= 0.6 is 0 Å². The van der Waals surface area contributed by atoms with Gasteiger partial charge in [0.25, 0.3) is 0 Å². The number of hydrogen-bond donors (Lipinski definition) is 0. The van der Waals surface area contributed by atoms with Crippen LogP contribution in [0, 0.1) is 6.07 Å². The summed E-state index contributed by atoms with van der Waals surface area (Å²) in [6, 6.07) is 2.98. The van der Waals surface area contributed by atoms with Crippen molar-refractivity contribution in [2.45, 2.75) is 0 Å². The average Bonchev–Trinajstić information content (AvgIpc) is 2.35. The lowest BCUT2D eigenvalue weighted by molar-refractivity contribution is 0.928. The van der Waals surface area contributed by atoms with Gasteiger partial charge in [-0.1, -0.05) is 0 Å². The first kappa shape index (κ1) is 4.61. The van der Waals surface area contributed by atoms with Crippen LogP contribution in [-0.2, 0) is 7.05 Å². The summed E-state index contributed by atoms with van der Waals surface area (Å²) in [5.74, 6) is 0. The third-order valence-corrected chi connectivity index (χ3v) is 1.36. The van der Waals surface area contributed by atoms with Gasteiger partial charge in [0.05, 0.1) is 12.3 Å². The Hall–Kier alpha value is -1.25. The third kappa shape index (κ3) is 0.483. The van der Waals surface area contributed by atoms with Crippen LogP contribution in [0.2, 0.25) is 0 Å². The highest BCUT2D eigenvalue weighted by atomic mass is 15.3. The maximum Gasteiger partial charge on any atom is 0.143 e. The van der Waals surface area contributed by atoms with Gasteiger partial charge in [-0.2, -0.15) is 5.10 Å². The molecule has 0 fully saturated rings. The normalized spacial score (nSPS) is 10.8. The van der Waals surface area contributed by atoms with Crippen molar-refractivity contribution in [3.8, 4) is 0 Å². The van der Waals surface area contributed by atoms with E-state index in [1.807, 2.05) is 24.0 Å². The second-order valence-electron chi connectivity index (χ2n) is 1.97. The Kier molecular flexibility index (Phi) is 0.704. The van der Waals surface area contributed by atoms with Crippen LogP contribution in [0.3, 0.4) is 0 Å². The summed E-state index contributed by atoms with van der Waals surface area (Å²) >= 11 is 0. The Bertz CT molecular complexity index is 317. The van der Waals surface area contributed by atoms with E-state index in [0.29, 0.717) is 0 Å². The standard InChI is InChI=1S/C6H6N3/c1-8-4-5-9-6(8)2-3-7-9/h3-5H,1H3. The molecule has 1 radical (unpaired) electrons. The van der Waals surface area contributed by atoms with E-state index in [2.05, 4.69) is 11.2 Å². The summed E-state index contributed by atoms with van der Waals surface area (Å²) in [4.78, 5) is 0. The maximum atomic E-state index is 3.98. The fourth-order valence-corrected chi connectivity index (χ4v) is 0.876. The molecule has 0 aliphatic heterocycles. The van der Waals surface area contributed by atoms with E-state index in [9.17, 15) is 0 Å². The molecule has 0 aliphatic rings. The molecule has 0 unspecified atom stereocenters. The predicted molar refractivity (Wildman–Crippen MR) is 33.0 cm³/mol. The lowest BCUT2D eigenvalue weighted by Crippen LogP contribution is -1.84. The highest BCUT2D eigenvalue weighted by molar-refractivity contribution is 5.35. The van der Waals surface area contributed by atoms with Crippen LogP contribution < -0.4 is 0 Å². The quantitative estimate of drug-likeness (QED) is 0.495. The fourth-order valence-electron chi connectivity index (χ4n) is 0.876. The van der Waals surface area contributed by atoms with Crippen molar-refractivity contribution in [2.24, 2.45) is 7.05 Å². The second kappa shape index (κ2) is 1.37. The van der Waals surface area contributed by atoms with Gasteiger partial charge in [0.1, 0.15) is 5.65 Å². The van der Waals surface area contributed by atoms with Crippen LogP contribution in [0.4, 0.5) is 0 Å². The minimum atomic E-state index is 0.995. The Balaban J connectivity index is 2.99. The smallest absolute Gasteiger partial charge is 0.143 e. The number of nitrogens with zero attached hydrogens (tertiary/aromatic N) is 3. The monoisotopic (exact) mass is 120 g/mol. The molecule has 0 N–H and O–H groups in total. The fraction of sp³-hybridized carbons (Fsp3) is 0.167. The van der Waals surface area contributed by atoms with Crippen LogP contribution in [-0.4, -0.2) is 14.2 Å². The first-order chi connectivity index (χ1) is 4.38. The molecule has 0 aromatic carbocycles. The summed E-state index contributed by atoms with van der Waals surface area (Å²) in [5, 5.41) is 3.98. The maximum absolute atomic E-state index is 3.98. The van der Waals surface area contributed by atoms with Crippen molar-refractivity contribution in [1.29, 1.82) is 0 Å². The molecule has 0 spiro atoms. The van der Waals surface area contributed by atoms with Gasteiger partial charge in [-0.15, -0.1) is 0 Å². The van der Waals surface area contributed by atoms with E-state index in [1.54, 1.807) is 10.7 Å². The molecule has 9 heavy (non-hydrogen) atoms. The van der Waals surface area contributed by atoms with Gasteiger partial charge < -0.3 is 4.57 Å². The molecule has 45 valence electrons. The number of imidazole rings is 1. The zero-order chi connectivity index (χ0) is 6.27. The van der Waals surface area contributed by atoms with Gasteiger partial charge in [-0.3, -0.25) is 0 Å². The second-order valence-corrected chi connectivity index (χ2v) is 1.97. The van der Waals surface area contributed by atoms with E-state index in [-0.39, 0.29) is 0 Å². The number of fused-ring (bicyclic) bond motifs is 1. The molecule has 2 rings (SSSR count). The van der Waals surface area contributed by atoms with Gasteiger partial charge in [-0.25, -0.2) is 4.52 Å². The number of aromatic nitrogens is 3. The Morgan fingerprint density at radius 2 is 2.44 bits per heavy atom. The van der Waals surface area contributed by atoms with Crippen LogP contribution in [0.15, 0.2) is 18.6 Å². The van der Waals surface area contributed by atoms with Gasteiger partial charge >= 0.3 is 0 Å². The zero-order valence-corrected chi connectivity index (χ0v) is 5.07. The Morgan fingerprint density at radius 3 is 3.22 bits per heavy atom. The lowest BCUT2D eigenvalue weighted by Gasteiger charge is -1.84. The molecule has 2 aromatic rings. The molecule has 0 saturated heterocycles. The molecule has 3 heteroatoms. The predicted octanol–water partition coefficient (Wildman–Crippen LogP) is 0.473. The molecular weight excluding hydrogens is 114 g/mol. The van der Waals surface area contributed by atoms with Crippen molar-refractivity contribution in [3.63, 3.8) is 0 Å². The van der Waals surface area contributed by atoms with Gasteiger partial charge in [0, 0.05) is 19.4 Å². The first-order valence-electron chi connectivity index (χ1n) is 2.74. The van der Waals surface area contributed by atoms with Gasteiger partial charge in [-0.05, 0) is 0 Å². The third-order valence-electron chi connectivity index (χ3n) is 1.36. The first-order valence-corrected chi connectivity index (χ1v) is 2.74. The number of aryl methyl sites for hydroxylation is 1. The molecular formula is C6H6N3. The van der Waals surface area contributed by atoms with Crippen LogP contribution in [0.5, 0.6) is 0 Å². The minimum Gasteiger partial charge on any atom is -0.334 e. The number of hydrogen-bond acceptors (Lipinski definition) is 1. The van der Waals surface area contributed by atoms with Crippen molar-refractivity contribution in [1.82, 2.24) is 14.2 Å². The highest BCUT2D eigenvalue weighted by Crippen LogP contribution is 1.98. The number of rotatable bonds is 0. The molecule has 2 aromatic heterocycles. The minimum absolute atomic E-state index is 0.995. The van der Waals surface area contributed by atoms with Gasteiger partial charge in [0.15, 0.2) is 0 Å². The average molecular weight is 120 g/mol. The summed E-state index contributed by atoms with van der Waals surface area (Å²) in [5.41, 5.74) is 0.995. The SMILES string of the molecule is Cn1ccn2nc[c]c12. The van der Waals surface area contributed by atoms with E-state index >= 15 is 0 Å². The Labute approximate surface area is 52.5 Å². The summed E-state index contributed by atoms with van der Waals surface area (Å²) < 4.78 is 3.74. The molecule has 0 atom stereocenters. The van der Waals surface area contributed by atoms with Crippen molar-refractivity contribution >= 4 is 5.65 Å². The van der Waals surface area contributed by atoms with E-state index in [4.69, 9.17) is 0 Å². The topological polar surface area (TPSA) is 22.2 Å². The Morgan fingerprint density at radius 1 is 1.56 bits per heavy atom. The highest BCUT2D eigenvalue weighted by Gasteiger charge is 1.93. The molecule has 0 amide bonds. The van der Waals surface area contributed by atoms with E-state index in [1.165, 1.54) is 0 Å². The molecule has 0 bridgehead atoms. The van der Waals surface area contributed by atoms with Crippen molar-refractivity contribution < 1.29 is 0 Å². The summed E-state index contributed by atoms with van der Waals surface area (Å²) in [7, 11) is 1.97. The van der Waals surface area contributed by atoms with Crippen molar-refractivity contribution in [2.75, 3.05) is 0 Å². The molecule has 0 aliphatic carbocycles.